The standard InChI is InChI=1S/C33H29FN2O7S/c1-4-41-26(37)19-43-30-22(12-9-13-24(30)40-3)18-25-31(38)36-29(21-14-16-23(34)17-15-21)27(32(39)42-5-2)28(35-33(36)44-25)20-10-7-6-8-11-20/h6-18,29H,4-5,19H2,1-3H3/b25-18-/t29-/m1/s1. The van der Waals surface area contributed by atoms with E-state index in [2.05, 4.69) is 0 Å². The highest BCUT2D eigenvalue weighted by atomic mass is 32.1. The third kappa shape index (κ3) is 6.18. The molecule has 0 aliphatic carbocycles. The van der Waals surface area contributed by atoms with Gasteiger partial charge >= 0.3 is 11.9 Å². The lowest BCUT2D eigenvalue weighted by Gasteiger charge is -2.25. The van der Waals surface area contributed by atoms with Crippen LogP contribution in [0, 0.1) is 5.82 Å². The number of methoxy groups -OCH3 is 1. The molecule has 0 N–H and O–H groups in total. The largest absolute Gasteiger partial charge is 0.493 e. The van der Waals surface area contributed by atoms with Crippen LogP contribution >= 0.6 is 11.3 Å². The molecule has 1 aromatic heterocycles. The number of esters is 2. The van der Waals surface area contributed by atoms with Crippen LogP contribution in [-0.4, -0.2) is 43.4 Å². The maximum Gasteiger partial charge on any atom is 0.344 e. The summed E-state index contributed by atoms with van der Waals surface area (Å²) in [5, 5.41) is 0. The number of hydrogen-bond acceptors (Lipinski definition) is 9. The molecule has 4 aromatic rings. The van der Waals surface area contributed by atoms with Crippen LogP contribution in [0.2, 0.25) is 0 Å². The van der Waals surface area contributed by atoms with Gasteiger partial charge in [0.15, 0.2) is 22.9 Å². The van der Waals surface area contributed by atoms with E-state index in [1.54, 1.807) is 38.1 Å². The minimum atomic E-state index is -0.951. The van der Waals surface area contributed by atoms with Crippen LogP contribution in [0.15, 0.2) is 88.2 Å². The zero-order chi connectivity index (χ0) is 31.2. The Kier molecular flexibility index (Phi) is 9.35. The minimum absolute atomic E-state index is 0.107. The molecule has 1 aliphatic rings. The Morgan fingerprint density at radius 1 is 0.977 bits per heavy atom. The van der Waals surface area contributed by atoms with E-state index in [1.165, 1.54) is 35.9 Å². The summed E-state index contributed by atoms with van der Waals surface area (Å²) in [5.41, 5.74) is 1.71. The third-order valence-corrected chi connectivity index (χ3v) is 7.70. The number of aromatic nitrogens is 1. The molecule has 0 spiro atoms. The van der Waals surface area contributed by atoms with Gasteiger partial charge in [0.2, 0.25) is 0 Å². The van der Waals surface area contributed by atoms with Gasteiger partial charge < -0.3 is 18.9 Å². The van der Waals surface area contributed by atoms with E-state index >= 15 is 0 Å². The highest BCUT2D eigenvalue weighted by Crippen LogP contribution is 2.35. The molecular formula is C33H29FN2O7S. The molecule has 0 unspecified atom stereocenters. The van der Waals surface area contributed by atoms with Crippen LogP contribution in [0.25, 0.3) is 11.8 Å². The molecule has 44 heavy (non-hydrogen) atoms. The van der Waals surface area contributed by atoms with Gasteiger partial charge in [-0.05, 0) is 43.7 Å². The maximum absolute atomic E-state index is 14.1. The van der Waals surface area contributed by atoms with E-state index in [9.17, 15) is 18.8 Å². The molecule has 1 aliphatic heterocycles. The Morgan fingerprint density at radius 3 is 2.39 bits per heavy atom. The van der Waals surface area contributed by atoms with Crippen LogP contribution in [0.4, 0.5) is 4.39 Å². The van der Waals surface area contributed by atoms with Crippen LogP contribution in [0.3, 0.4) is 0 Å². The summed E-state index contributed by atoms with van der Waals surface area (Å²) in [6.07, 6.45) is 1.62. The fourth-order valence-corrected chi connectivity index (χ4v) is 5.83. The predicted octanol–water partition coefficient (Wildman–Crippen LogP) is 4.03. The van der Waals surface area contributed by atoms with Gasteiger partial charge in [0.1, 0.15) is 5.82 Å². The van der Waals surface area contributed by atoms with E-state index in [1.807, 2.05) is 30.3 Å². The molecule has 3 aromatic carbocycles. The Hall–Kier alpha value is -5.03. The number of carbonyl (C=O) groups excluding carboxylic acids is 2. The molecule has 226 valence electrons. The molecule has 0 fully saturated rings. The normalized spacial score (nSPS) is 14.5. The lowest BCUT2D eigenvalue weighted by atomic mass is 9.93. The fourth-order valence-electron chi connectivity index (χ4n) is 4.84. The highest BCUT2D eigenvalue weighted by molar-refractivity contribution is 7.07. The summed E-state index contributed by atoms with van der Waals surface area (Å²) in [5.74, 6) is -1.04. The summed E-state index contributed by atoms with van der Waals surface area (Å²) < 4.78 is 37.4. The Balaban J connectivity index is 1.75. The van der Waals surface area contributed by atoms with Crippen LogP contribution in [0.5, 0.6) is 11.5 Å². The van der Waals surface area contributed by atoms with Gasteiger partial charge in [0.05, 0.1) is 42.2 Å². The summed E-state index contributed by atoms with van der Waals surface area (Å²) >= 11 is 1.12. The van der Waals surface area contributed by atoms with E-state index in [-0.39, 0.29) is 35.7 Å². The lowest BCUT2D eigenvalue weighted by molar-refractivity contribution is -0.145. The highest BCUT2D eigenvalue weighted by Gasteiger charge is 2.35. The monoisotopic (exact) mass is 616 g/mol. The van der Waals surface area contributed by atoms with E-state index in [0.717, 1.165) is 11.3 Å². The average molecular weight is 617 g/mol. The lowest BCUT2D eigenvalue weighted by Crippen LogP contribution is -2.40. The maximum atomic E-state index is 14.1. The first-order chi connectivity index (χ1) is 21.4. The second kappa shape index (κ2) is 13.5. The van der Waals surface area contributed by atoms with Gasteiger partial charge in [-0.2, -0.15) is 0 Å². The molecule has 0 radical (unpaired) electrons. The van der Waals surface area contributed by atoms with Crippen molar-refractivity contribution < 1.29 is 32.9 Å². The van der Waals surface area contributed by atoms with Crippen molar-refractivity contribution in [2.45, 2.75) is 19.9 Å². The zero-order valence-corrected chi connectivity index (χ0v) is 25.1. The summed E-state index contributed by atoms with van der Waals surface area (Å²) in [6.45, 7) is 3.34. The molecule has 11 heteroatoms. The topological polar surface area (TPSA) is 105 Å². The number of nitrogens with zero attached hydrogens (tertiary/aromatic N) is 2. The first-order valence-corrected chi connectivity index (χ1v) is 14.7. The molecule has 2 heterocycles. The van der Waals surface area contributed by atoms with Crippen molar-refractivity contribution in [2.75, 3.05) is 26.9 Å². The zero-order valence-electron chi connectivity index (χ0n) is 24.2. The number of thiazole rings is 1. The predicted molar refractivity (Wildman–Crippen MR) is 163 cm³/mol. The molecule has 0 saturated heterocycles. The quantitative estimate of drug-likeness (QED) is 0.248. The Labute approximate surface area is 256 Å². The Bertz CT molecular complexity index is 1900. The molecule has 1 atom stereocenters. The van der Waals surface area contributed by atoms with Gasteiger partial charge in [0, 0.05) is 11.1 Å². The van der Waals surface area contributed by atoms with E-state index < -0.39 is 29.4 Å². The summed E-state index contributed by atoms with van der Waals surface area (Å²) in [6, 6.07) is 18.9. The van der Waals surface area contributed by atoms with Crippen molar-refractivity contribution in [3.63, 3.8) is 0 Å². The number of rotatable bonds is 10. The number of benzene rings is 3. The van der Waals surface area contributed by atoms with E-state index in [0.29, 0.717) is 32.9 Å². The molecule has 9 nitrogen and oxygen atoms in total. The number of fused-ring (bicyclic) bond motifs is 1. The average Bonchev–Trinajstić information content (AvgIpc) is 3.34. The summed E-state index contributed by atoms with van der Waals surface area (Å²) in [7, 11) is 1.47. The minimum Gasteiger partial charge on any atom is -0.493 e. The van der Waals surface area contributed by atoms with Crippen LogP contribution < -0.4 is 24.4 Å². The smallest absolute Gasteiger partial charge is 0.344 e. The SMILES string of the molecule is CCOC(=O)COc1c(/C=c2\sc3n(c2=O)[C@H](c2ccc(F)cc2)C(C(=O)OCC)=C(c2ccccc2)N=3)cccc1OC. The third-order valence-electron chi connectivity index (χ3n) is 6.71. The van der Waals surface area contributed by atoms with Crippen molar-refractivity contribution in [3.8, 4) is 11.5 Å². The van der Waals surface area contributed by atoms with Crippen LogP contribution in [-0.2, 0) is 19.1 Å². The number of carbonyl (C=O) groups is 2. The molecule has 0 saturated carbocycles. The Morgan fingerprint density at radius 2 is 1.70 bits per heavy atom. The van der Waals surface area contributed by atoms with Gasteiger partial charge in [-0.3, -0.25) is 9.36 Å². The van der Waals surface area contributed by atoms with Crippen molar-refractivity contribution in [1.82, 2.24) is 4.57 Å². The number of ether oxygens (including phenoxy) is 4. The van der Waals surface area contributed by atoms with Gasteiger partial charge in [-0.1, -0.05) is 65.9 Å². The van der Waals surface area contributed by atoms with Gasteiger partial charge in [-0.25, -0.2) is 19.0 Å². The number of halogens is 1. The molecular weight excluding hydrogens is 587 g/mol. The number of hydrogen-bond donors (Lipinski definition) is 0. The second-order valence-corrected chi connectivity index (χ2v) is 10.5. The van der Waals surface area contributed by atoms with Gasteiger partial charge in [-0.15, -0.1) is 0 Å². The van der Waals surface area contributed by atoms with Crippen molar-refractivity contribution in [2.24, 2.45) is 4.99 Å². The molecule has 5 rings (SSSR count). The first kappa shape index (κ1) is 30.4. The van der Waals surface area contributed by atoms with Crippen molar-refractivity contribution in [3.05, 3.63) is 121 Å². The van der Waals surface area contributed by atoms with Crippen molar-refractivity contribution >= 4 is 35.0 Å². The van der Waals surface area contributed by atoms with Gasteiger partial charge in [0.25, 0.3) is 5.56 Å². The second-order valence-electron chi connectivity index (χ2n) is 9.46. The summed E-state index contributed by atoms with van der Waals surface area (Å²) in [4.78, 5) is 44.8. The number of para-hydroxylation sites is 1. The fraction of sp³-hybridized carbons (Fsp3) is 0.212. The van der Waals surface area contributed by atoms with E-state index in [4.69, 9.17) is 23.9 Å². The molecule has 0 bridgehead atoms. The van der Waals surface area contributed by atoms with Crippen LogP contribution in [0.1, 0.15) is 36.6 Å². The first-order valence-electron chi connectivity index (χ1n) is 13.9. The van der Waals surface area contributed by atoms with Crippen molar-refractivity contribution in [1.29, 1.82) is 0 Å². The molecule has 0 amide bonds.